The van der Waals surface area contributed by atoms with E-state index in [1.807, 2.05) is 30.1 Å². The summed E-state index contributed by atoms with van der Waals surface area (Å²) >= 11 is 0. The van der Waals surface area contributed by atoms with E-state index in [1.54, 1.807) is 0 Å². The molecule has 0 saturated carbocycles. The molecule has 92 valence electrons. The van der Waals surface area contributed by atoms with Crippen LogP contribution in [0.2, 0.25) is 0 Å². The Bertz CT molecular complexity index is 380. The third-order valence-electron chi connectivity index (χ3n) is 3.29. The van der Waals surface area contributed by atoms with E-state index >= 15 is 0 Å². The zero-order valence-corrected chi connectivity index (χ0v) is 10.0. The van der Waals surface area contributed by atoms with Gasteiger partial charge in [-0.3, -0.25) is 9.69 Å². The van der Waals surface area contributed by atoms with Crippen molar-refractivity contribution in [3.05, 3.63) is 30.3 Å². The maximum atomic E-state index is 10.7. The average Bonchev–Trinajstić information content (AvgIpc) is 2.78. The quantitative estimate of drug-likeness (QED) is 0.852. The van der Waals surface area contributed by atoms with Crippen molar-refractivity contribution in [1.29, 1.82) is 0 Å². The molecule has 1 aliphatic rings. The third-order valence-corrected chi connectivity index (χ3v) is 3.29. The summed E-state index contributed by atoms with van der Waals surface area (Å²) in [5.41, 5.74) is 1.22. The van der Waals surface area contributed by atoms with Crippen LogP contribution >= 0.6 is 0 Å². The molecule has 1 atom stereocenters. The molecule has 1 unspecified atom stereocenters. The van der Waals surface area contributed by atoms with E-state index in [0.29, 0.717) is 6.04 Å². The van der Waals surface area contributed by atoms with Gasteiger partial charge in [0, 0.05) is 24.8 Å². The molecule has 1 aliphatic heterocycles. The monoisotopic (exact) mass is 234 g/mol. The van der Waals surface area contributed by atoms with Crippen LogP contribution in [0.1, 0.15) is 6.42 Å². The lowest BCUT2D eigenvalue weighted by Crippen LogP contribution is -2.37. The van der Waals surface area contributed by atoms with Gasteiger partial charge in [0.05, 0.1) is 6.54 Å². The standard InChI is InChI=1S/C13H18N2O2/c1-14(10-13(16)17)12-7-8-15(9-12)11-5-3-2-4-6-11/h2-6,12H,7-10H2,1H3,(H,16,17). The number of anilines is 1. The largest absolute Gasteiger partial charge is 0.480 e. The molecule has 1 aromatic carbocycles. The van der Waals surface area contributed by atoms with E-state index in [-0.39, 0.29) is 6.54 Å². The van der Waals surface area contributed by atoms with Crippen molar-refractivity contribution in [1.82, 2.24) is 4.90 Å². The number of hydrogen-bond acceptors (Lipinski definition) is 3. The topological polar surface area (TPSA) is 43.8 Å². The molecule has 0 spiro atoms. The average molecular weight is 234 g/mol. The van der Waals surface area contributed by atoms with Crippen LogP contribution in [0.3, 0.4) is 0 Å². The van der Waals surface area contributed by atoms with Crippen LogP contribution in [-0.4, -0.2) is 48.7 Å². The van der Waals surface area contributed by atoms with Gasteiger partial charge in [0.25, 0.3) is 0 Å². The van der Waals surface area contributed by atoms with Gasteiger partial charge in [-0.1, -0.05) is 18.2 Å². The Morgan fingerprint density at radius 1 is 1.47 bits per heavy atom. The molecule has 0 aromatic heterocycles. The fourth-order valence-corrected chi connectivity index (χ4v) is 2.32. The minimum Gasteiger partial charge on any atom is -0.480 e. The Morgan fingerprint density at radius 3 is 2.82 bits per heavy atom. The van der Waals surface area contributed by atoms with Crippen LogP contribution in [0, 0.1) is 0 Å². The van der Waals surface area contributed by atoms with Crippen LogP contribution in [0.4, 0.5) is 5.69 Å². The molecule has 1 aromatic rings. The van der Waals surface area contributed by atoms with Gasteiger partial charge >= 0.3 is 5.97 Å². The Morgan fingerprint density at radius 2 is 2.18 bits per heavy atom. The molecule has 4 heteroatoms. The maximum Gasteiger partial charge on any atom is 0.317 e. The molecule has 1 fully saturated rings. The number of likely N-dealkylation sites (N-methyl/N-ethyl adjacent to an activating group) is 1. The van der Waals surface area contributed by atoms with Crippen molar-refractivity contribution < 1.29 is 9.90 Å². The molecule has 2 rings (SSSR count). The fourth-order valence-electron chi connectivity index (χ4n) is 2.32. The van der Waals surface area contributed by atoms with Crippen molar-refractivity contribution in [2.75, 3.05) is 31.6 Å². The fraction of sp³-hybridized carbons (Fsp3) is 0.462. The van der Waals surface area contributed by atoms with Gasteiger partial charge in [0.15, 0.2) is 0 Å². The van der Waals surface area contributed by atoms with Gasteiger partial charge in [-0.15, -0.1) is 0 Å². The normalized spacial score (nSPS) is 19.9. The number of rotatable bonds is 4. The van der Waals surface area contributed by atoms with Crippen molar-refractivity contribution in [2.24, 2.45) is 0 Å². The first kappa shape index (κ1) is 11.9. The van der Waals surface area contributed by atoms with Gasteiger partial charge in [-0.2, -0.15) is 0 Å². The predicted octanol–water partition coefficient (Wildman–Crippen LogP) is 1.28. The third kappa shape index (κ3) is 2.97. The summed E-state index contributed by atoms with van der Waals surface area (Å²) in [7, 11) is 1.88. The van der Waals surface area contributed by atoms with Crippen molar-refractivity contribution in [3.63, 3.8) is 0 Å². The van der Waals surface area contributed by atoms with Crippen LogP contribution in [0.5, 0.6) is 0 Å². The SMILES string of the molecule is CN(CC(=O)O)C1CCN(c2ccccc2)C1. The van der Waals surface area contributed by atoms with Gasteiger partial charge in [0.2, 0.25) is 0 Å². The summed E-state index contributed by atoms with van der Waals surface area (Å²) in [5, 5.41) is 8.77. The lowest BCUT2D eigenvalue weighted by molar-refractivity contribution is -0.138. The highest BCUT2D eigenvalue weighted by molar-refractivity contribution is 5.69. The highest BCUT2D eigenvalue weighted by Crippen LogP contribution is 2.21. The molecule has 0 aliphatic carbocycles. The molecule has 0 bridgehead atoms. The molecule has 4 nitrogen and oxygen atoms in total. The van der Waals surface area contributed by atoms with Crippen molar-refractivity contribution in [3.8, 4) is 0 Å². The van der Waals surface area contributed by atoms with E-state index in [2.05, 4.69) is 17.0 Å². The van der Waals surface area contributed by atoms with Crippen molar-refractivity contribution >= 4 is 11.7 Å². The number of para-hydroxylation sites is 1. The Hall–Kier alpha value is -1.55. The smallest absolute Gasteiger partial charge is 0.317 e. The van der Waals surface area contributed by atoms with E-state index in [0.717, 1.165) is 19.5 Å². The zero-order valence-electron chi connectivity index (χ0n) is 10.0. The summed E-state index contributed by atoms with van der Waals surface area (Å²) in [5.74, 6) is -0.759. The number of nitrogens with zero attached hydrogens (tertiary/aromatic N) is 2. The number of aliphatic carboxylic acids is 1. The second kappa shape index (κ2) is 5.19. The zero-order chi connectivity index (χ0) is 12.3. The lowest BCUT2D eigenvalue weighted by Gasteiger charge is -2.23. The minimum atomic E-state index is -0.759. The number of carboxylic acid groups (broad SMARTS) is 1. The first-order valence-electron chi connectivity index (χ1n) is 5.89. The van der Waals surface area contributed by atoms with Crippen LogP contribution in [-0.2, 0) is 4.79 Å². The summed E-state index contributed by atoms with van der Waals surface area (Å²) in [4.78, 5) is 14.9. The van der Waals surface area contributed by atoms with Gasteiger partial charge in [-0.05, 0) is 25.6 Å². The van der Waals surface area contributed by atoms with Crippen LogP contribution in [0.25, 0.3) is 0 Å². The summed E-state index contributed by atoms with van der Waals surface area (Å²) in [6.45, 7) is 2.03. The lowest BCUT2D eigenvalue weighted by atomic mass is 10.2. The van der Waals surface area contributed by atoms with Crippen LogP contribution < -0.4 is 4.90 Å². The van der Waals surface area contributed by atoms with E-state index in [1.165, 1.54) is 5.69 Å². The van der Waals surface area contributed by atoms with E-state index in [4.69, 9.17) is 5.11 Å². The highest BCUT2D eigenvalue weighted by Gasteiger charge is 2.26. The molecule has 0 amide bonds. The van der Waals surface area contributed by atoms with Crippen molar-refractivity contribution in [2.45, 2.75) is 12.5 Å². The number of carbonyl (C=O) groups is 1. The molecule has 17 heavy (non-hydrogen) atoms. The van der Waals surface area contributed by atoms with Gasteiger partial charge < -0.3 is 10.0 Å². The molecule has 1 saturated heterocycles. The van der Waals surface area contributed by atoms with Gasteiger partial charge in [0.1, 0.15) is 0 Å². The van der Waals surface area contributed by atoms with Gasteiger partial charge in [-0.25, -0.2) is 0 Å². The second-order valence-corrected chi connectivity index (χ2v) is 4.53. The van der Waals surface area contributed by atoms with E-state index in [9.17, 15) is 4.79 Å². The second-order valence-electron chi connectivity index (χ2n) is 4.53. The molecule has 0 radical (unpaired) electrons. The van der Waals surface area contributed by atoms with E-state index < -0.39 is 5.97 Å². The first-order chi connectivity index (χ1) is 8.16. The highest BCUT2D eigenvalue weighted by atomic mass is 16.4. The number of hydrogen-bond donors (Lipinski definition) is 1. The van der Waals surface area contributed by atoms with Crippen LogP contribution in [0.15, 0.2) is 30.3 Å². The summed E-state index contributed by atoms with van der Waals surface area (Å²) in [6, 6.07) is 10.6. The minimum absolute atomic E-state index is 0.118. The molecular formula is C13H18N2O2. The summed E-state index contributed by atoms with van der Waals surface area (Å²) < 4.78 is 0. The maximum absolute atomic E-state index is 10.7. The predicted molar refractivity (Wildman–Crippen MR) is 67.3 cm³/mol. The Kier molecular flexibility index (Phi) is 3.64. The molecule has 1 N–H and O–H groups in total. The number of carboxylic acids is 1. The Balaban J connectivity index is 1.94. The number of benzene rings is 1. The summed E-state index contributed by atoms with van der Waals surface area (Å²) in [6.07, 6.45) is 1.03. The molecular weight excluding hydrogens is 216 g/mol. The Labute approximate surface area is 101 Å². The first-order valence-corrected chi connectivity index (χ1v) is 5.89. The molecule has 1 heterocycles.